The maximum atomic E-state index is 11.8. The fraction of sp³-hybridized carbons (Fsp3) is 0.182. The second kappa shape index (κ2) is 5.16. The molecule has 2 rings (SSSR count). The summed E-state index contributed by atoms with van der Waals surface area (Å²) in [5.74, 6) is -0.0974. The van der Waals surface area contributed by atoms with Crippen molar-refractivity contribution in [3.8, 4) is 6.07 Å². The number of amides is 1. The minimum absolute atomic E-state index is 0.135. The fourth-order valence-electron chi connectivity index (χ4n) is 1.44. The lowest BCUT2D eigenvalue weighted by molar-refractivity contribution is 0.0995. The van der Waals surface area contributed by atoms with Crippen molar-refractivity contribution in [3.63, 3.8) is 0 Å². The summed E-state index contributed by atoms with van der Waals surface area (Å²) in [6.07, 6.45) is 2.71. The van der Waals surface area contributed by atoms with Crippen molar-refractivity contribution in [1.82, 2.24) is 9.78 Å². The average Bonchev–Trinajstić information content (AvgIpc) is 3.00. The number of nitrogens with zero attached hydrogens (tertiary/aromatic N) is 3. The van der Waals surface area contributed by atoms with Crippen molar-refractivity contribution >= 4 is 11.7 Å². The molecule has 0 saturated carbocycles. The molecule has 7 heteroatoms. The number of carbonyl (C=O) groups is 1. The normalized spacial score (nSPS) is 10.0. The quantitative estimate of drug-likeness (QED) is 0.821. The van der Waals surface area contributed by atoms with Crippen LogP contribution in [0.5, 0.6) is 0 Å². The van der Waals surface area contributed by atoms with E-state index in [2.05, 4.69) is 10.4 Å². The van der Waals surface area contributed by atoms with E-state index >= 15 is 0 Å². The van der Waals surface area contributed by atoms with Crippen LogP contribution >= 0.6 is 0 Å². The Balaban J connectivity index is 2.25. The third-order valence-corrected chi connectivity index (χ3v) is 2.25. The molecular formula is C11H10N4O3. The molecule has 18 heavy (non-hydrogen) atoms. The van der Waals surface area contributed by atoms with E-state index in [-0.39, 0.29) is 30.3 Å². The molecular weight excluding hydrogens is 236 g/mol. The van der Waals surface area contributed by atoms with E-state index < -0.39 is 5.91 Å². The predicted molar refractivity (Wildman–Crippen MR) is 60.7 cm³/mol. The maximum absolute atomic E-state index is 11.8. The number of nitriles is 1. The fourth-order valence-corrected chi connectivity index (χ4v) is 1.44. The standard InChI is InChI=1S/C11H10N4O3/c12-6-8-7-13-15(3-4-16)10(8)14-11(17)9-2-1-5-18-9/h1-2,5,7,16H,3-4H2,(H,14,17). The van der Waals surface area contributed by atoms with Gasteiger partial charge in [-0.1, -0.05) is 0 Å². The lowest BCUT2D eigenvalue weighted by Gasteiger charge is -2.06. The van der Waals surface area contributed by atoms with Gasteiger partial charge in [0.25, 0.3) is 5.91 Å². The molecule has 0 spiro atoms. The first-order chi connectivity index (χ1) is 8.76. The predicted octanol–water partition coefficient (Wildman–Crippen LogP) is 0.592. The summed E-state index contributed by atoms with van der Waals surface area (Å²) in [5, 5.41) is 24.2. The Hall–Kier alpha value is -2.59. The van der Waals surface area contributed by atoms with E-state index in [4.69, 9.17) is 14.8 Å². The minimum atomic E-state index is -0.476. The summed E-state index contributed by atoms with van der Waals surface area (Å²) in [6.45, 7) is 0.0472. The number of nitrogens with one attached hydrogen (secondary N) is 1. The summed E-state index contributed by atoms with van der Waals surface area (Å²) in [6, 6.07) is 5.01. The number of hydrogen-bond donors (Lipinski definition) is 2. The molecule has 0 saturated heterocycles. The number of aliphatic hydroxyl groups is 1. The molecule has 0 unspecified atom stereocenters. The van der Waals surface area contributed by atoms with Crippen LogP contribution in [0.3, 0.4) is 0 Å². The first-order valence-corrected chi connectivity index (χ1v) is 5.18. The largest absolute Gasteiger partial charge is 0.459 e. The van der Waals surface area contributed by atoms with Crippen LogP contribution in [-0.4, -0.2) is 27.4 Å². The van der Waals surface area contributed by atoms with Gasteiger partial charge >= 0.3 is 0 Å². The molecule has 0 aliphatic carbocycles. The van der Waals surface area contributed by atoms with Crippen molar-refractivity contribution in [2.24, 2.45) is 0 Å². The minimum Gasteiger partial charge on any atom is -0.459 e. The maximum Gasteiger partial charge on any atom is 0.292 e. The van der Waals surface area contributed by atoms with Crippen molar-refractivity contribution < 1.29 is 14.3 Å². The lowest BCUT2D eigenvalue weighted by Crippen LogP contribution is -2.17. The molecule has 2 N–H and O–H groups in total. The lowest BCUT2D eigenvalue weighted by atomic mass is 10.3. The number of rotatable bonds is 4. The zero-order valence-corrected chi connectivity index (χ0v) is 9.33. The third kappa shape index (κ3) is 2.23. The van der Waals surface area contributed by atoms with E-state index in [1.807, 2.05) is 6.07 Å². The SMILES string of the molecule is N#Cc1cnn(CCO)c1NC(=O)c1ccco1. The van der Waals surface area contributed by atoms with Gasteiger partial charge in [-0.05, 0) is 12.1 Å². The number of aliphatic hydroxyl groups excluding tert-OH is 1. The van der Waals surface area contributed by atoms with E-state index in [1.54, 1.807) is 6.07 Å². The number of hydrogen-bond acceptors (Lipinski definition) is 5. The molecule has 0 aliphatic rings. The molecule has 7 nitrogen and oxygen atoms in total. The molecule has 0 atom stereocenters. The zero-order valence-electron chi connectivity index (χ0n) is 9.33. The van der Waals surface area contributed by atoms with Crippen molar-refractivity contribution in [2.75, 3.05) is 11.9 Å². The van der Waals surface area contributed by atoms with Crippen LogP contribution in [0, 0.1) is 11.3 Å². The van der Waals surface area contributed by atoms with Gasteiger partial charge in [0.1, 0.15) is 17.5 Å². The average molecular weight is 246 g/mol. The smallest absolute Gasteiger partial charge is 0.292 e. The Bertz CT molecular complexity index is 580. The molecule has 0 aliphatic heterocycles. The van der Waals surface area contributed by atoms with Gasteiger partial charge in [-0.3, -0.25) is 4.79 Å². The summed E-state index contributed by atoms with van der Waals surface area (Å²) in [7, 11) is 0. The second-order valence-corrected chi connectivity index (χ2v) is 3.40. The van der Waals surface area contributed by atoms with Crippen molar-refractivity contribution in [2.45, 2.75) is 6.54 Å². The van der Waals surface area contributed by atoms with E-state index in [1.165, 1.54) is 23.2 Å². The Morgan fingerprint density at radius 1 is 1.67 bits per heavy atom. The van der Waals surface area contributed by atoms with Crippen molar-refractivity contribution in [1.29, 1.82) is 5.26 Å². The van der Waals surface area contributed by atoms with Gasteiger partial charge in [0, 0.05) is 0 Å². The highest BCUT2D eigenvalue weighted by atomic mass is 16.3. The number of furan rings is 1. The van der Waals surface area contributed by atoms with Crippen LogP contribution < -0.4 is 5.32 Å². The third-order valence-electron chi connectivity index (χ3n) is 2.25. The van der Waals surface area contributed by atoms with E-state index in [9.17, 15) is 4.79 Å². The van der Waals surface area contributed by atoms with Gasteiger partial charge in [-0.15, -0.1) is 0 Å². The topological polar surface area (TPSA) is 104 Å². The van der Waals surface area contributed by atoms with Crippen molar-refractivity contribution in [3.05, 3.63) is 35.9 Å². The van der Waals surface area contributed by atoms with Crippen LogP contribution in [0.15, 0.2) is 29.0 Å². The first kappa shape index (κ1) is 11.9. The Kier molecular flexibility index (Phi) is 3.41. The van der Waals surface area contributed by atoms with E-state index in [0.29, 0.717) is 0 Å². The molecule has 0 bridgehead atoms. The monoisotopic (exact) mass is 246 g/mol. The Morgan fingerprint density at radius 2 is 2.50 bits per heavy atom. The molecule has 0 radical (unpaired) electrons. The van der Waals surface area contributed by atoms with Gasteiger partial charge < -0.3 is 14.8 Å². The first-order valence-electron chi connectivity index (χ1n) is 5.18. The summed E-state index contributed by atoms with van der Waals surface area (Å²) in [5.41, 5.74) is 0.225. The summed E-state index contributed by atoms with van der Waals surface area (Å²) < 4.78 is 6.29. The van der Waals surface area contributed by atoms with Gasteiger partial charge in [0.15, 0.2) is 5.76 Å². The molecule has 2 aromatic heterocycles. The number of anilines is 1. The summed E-state index contributed by atoms with van der Waals surface area (Å²) >= 11 is 0. The van der Waals surface area contributed by atoms with Gasteiger partial charge in [0.2, 0.25) is 0 Å². The highest BCUT2D eigenvalue weighted by molar-refractivity contribution is 6.02. The van der Waals surface area contributed by atoms with Gasteiger partial charge in [-0.25, -0.2) is 4.68 Å². The second-order valence-electron chi connectivity index (χ2n) is 3.40. The van der Waals surface area contributed by atoms with Crippen LogP contribution in [-0.2, 0) is 6.54 Å². The van der Waals surface area contributed by atoms with E-state index in [0.717, 1.165) is 0 Å². The Morgan fingerprint density at radius 3 is 3.11 bits per heavy atom. The van der Waals surface area contributed by atoms with Crippen LogP contribution in [0.1, 0.15) is 16.1 Å². The zero-order chi connectivity index (χ0) is 13.0. The molecule has 92 valence electrons. The van der Waals surface area contributed by atoms with Gasteiger partial charge in [-0.2, -0.15) is 10.4 Å². The highest BCUT2D eigenvalue weighted by Crippen LogP contribution is 2.15. The Labute approximate surface area is 102 Å². The molecule has 2 aromatic rings. The summed E-state index contributed by atoms with van der Waals surface area (Å²) in [4.78, 5) is 11.8. The van der Waals surface area contributed by atoms with Crippen LogP contribution in [0.2, 0.25) is 0 Å². The molecule has 0 fully saturated rings. The number of carbonyl (C=O) groups excluding carboxylic acids is 1. The highest BCUT2D eigenvalue weighted by Gasteiger charge is 2.16. The molecule has 1 amide bonds. The number of aromatic nitrogens is 2. The molecule has 2 heterocycles. The van der Waals surface area contributed by atoms with Crippen LogP contribution in [0.4, 0.5) is 5.82 Å². The van der Waals surface area contributed by atoms with Crippen LogP contribution in [0.25, 0.3) is 0 Å². The molecule has 0 aromatic carbocycles. The van der Waals surface area contributed by atoms with Gasteiger partial charge in [0.05, 0.1) is 25.6 Å².